The van der Waals surface area contributed by atoms with Gasteiger partial charge in [0.25, 0.3) is 0 Å². The quantitative estimate of drug-likeness (QED) is 0.632. The van der Waals surface area contributed by atoms with E-state index >= 15 is 0 Å². The first kappa shape index (κ1) is 14.1. The first-order valence-electron chi connectivity index (χ1n) is 5.23. The van der Waals surface area contributed by atoms with E-state index in [4.69, 9.17) is 4.42 Å². The molecule has 0 amide bonds. The first-order valence-corrected chi connectivity index (χ1v) is 6.35. The van der Waals surface area contributed by atoms with Gasteiger partial charge in [-0.1, -0.05) is 28.1 Å². The highest BCUT2D eigenvalue weighted by Crippen LogP contribution is 2.30. The molecule has 0 aliphatic carbocycles. The molecule has 1 unspecified atom stereocenters. The van der Waals surface area contributed by atoms with Crippen LogP contribution in [0.25, 0.3) is 11.0 Å². The van der Waals surface area contributed by atoms with Crippen LogP contribution in [0.4, 0.5) is 13.2 Å². The van der Waals surface area contributed by atoms with Crippen LogP contribution < -0.4 is 5.63 Å². The van der Waals surface area contributed by atoms with Gasteiger partial charge >= 0.3 is 12.0 Å². The Hall–Kier alpha value is -1.34. The van der Waals surface area contributed by atoms with E-state index in [1.165, 1.54) is 18.2 Å². The Bertz CT molecular complexity index is 636. The SMILES string of the molecule is O=c1ccc2ccc(C(CBr)OC(F)(F)F)cc2o1. The summed E-state index contributed by atoms with van der Waals surface area (Å²) < 4.78 is 45.6. The van der Waals surface area contributed by atoms with Crippen molar-refractivity contribution in [2.75, 3.05) is 5.33 Å². The Balaban J connectivity index is 2.40. The van der Waals surface area contributed by atoms with Crippen LogP contribution in [0, 0.1) is 0 Å². The van der Waals surface area contributed by atoms with Crippen molar-refractivity contribution >= 4 is 26.9 Å². The summed E-state index contributed by atoms with van der Waals surface area (Å²) in [4.78, 5) is 11.1. The van der Waals surface area contributed by atoms with Crippen LogP contribution in [0.1, 0.15) is 11.7 Å². The van der Waals surface area contributed by atoms with Crippen molar-refractivity contribution in [1.82, 2.24) is 0 Å². The van der Waals surface area contributed by atoms with Crippen molar-refractivity contribution < 1.29 is 22.3 Å². The Labute approximate surface area is 114 Å². The molecule has 1 atom stereocenters. The van der Waals surface area contributed by atoms with Gasteiger partial charge in [-0.25, -0.2) is 4.79 Å². The Kier molecular flexibility index (Phi) is 3.96. The summed E-state index contributed by atoms with van der Waals surface area (Å²) in [6, 6.07) is 7.23. The molecule has 0 saturated carbocycles. The van der Waals surface area contributed by atoms with Crippen molar-refractivity contribution in [2.24, 2.45) is 0 Å². The average Bonchev–Trinajstić information content (AvgIpc) is 2.34. The normalized spacial score (nSPS) is 13.7. The van der Waals surface area contributed by atoms with Crippen LogP contribution in [0.15, 0.2) is 39.5 Å². The van der Waals surface area contributed by atoms with E-state index in [0.717, 1.165) is 0 Å². The molecule has 19 heavy (non-hydrogen) atoms. The fourth-order valence-electron chi connectivity index (χ4n) is 1.63. The molecule has 0 N–H and O–H groups in total. The minimum absolute atomic E-state index is 0.0327. The van der Waals surface area contributed by atoms with Crippen LogP contribution in [-0.2, 0) is 4.74 Å². The lowest BCUT2D eigenvalue weighted by Crippen LogP contribution is -2.19. The third-order valence-electron chi connectivity index (χ3n) is 2.43. The standard InChI is InChI=1S/C12H8BrF3O3/c13-6-10(19-12(14,15)16)8-2-1-7-3-4-11(17)18-9(7)5-8/h1-5,10H,6H2. The number of alkyl halides is 4. The van der Waals surface area contributed by atoms with E-state index in [0.29, 0.717) is 5.39 Å². The second kappa shape index (κ2) is 5.34. The number of fused-ring (bicyclic) bond motifs is 1. The van der Waals surface area contributed by atoms with Gasteiger partial charge in [-0.15, -0.1) is 13.2 Å². The molecule has 3 nitrogen and oxygen atoms in total. The molecule has 2 aromatic rings. The zero-order valence-corrected chi connectivity index (χ0v) is 11.0. The summed E-state index contributed by atoms with van der Waals surface area (Å²) in [6.45, 7) is 0. The maximum Gasteiger partial charge on any atom is 0.523 e. The number of hydrogen-bond donors (Lipinski definition) is 0. The molecule has 0 aliphatic heterocycles. The van der Waals surface area contributed by atoms with E-state index in [-0.39, 0.29) is 16.5 Å². The third-order valence-corrected chi connectivity index (χ3v) is 3.02. The van der Waals surface area contributed by atoms with Gasteiger partial charge < -0.3 is 4.42 Å². The largest absolute Gasteiger partial charge is 0.523 e. The van der Waals surface area contributed by atoms with Crippen LogP contribution in [-0.4, -0.2) is 11.7 Å². The fraction of sp³-hybridized carbons (Fsp3) is 0.250. The Morgan fingerprint density at radius 2 is 1.95 bits per heavy atom. The van der Waals surface area contributed by atoms with Gasteiger partial charge in [0.15, 0.2) is 0 Å². The number of hydrogen-bond acceptors (Lipinski definition) is 3. The number of rotatable bonds is 3. The van der Waals surface area contributed by atoms with E-state index < -0.39 is 18.1 Å². The van der Waals surface area contributed by atoms with Crippen molar-refractivity contribution in [3.8, 4) is 0 Å². The Morgan fingerprint density at radius 3 is 2.58 bits per heavy atom. The lowest BCUT2D eigenvalue weighted by Gasteiger charge is -2.17. The lowest BCUT2D eigenvalue weighted by molar-refractivity contribution is -0.341. The molecular formula is C12H8BrF3O3. The summed E-state index contributed by atoms with van der Waals surface area (Å²) in [5.41, 5.74) is -0.0606. The summed E-state index contributed by atoms with van der Waals surface area (Å²) in [7, 11) is 0. The highest BCUT2D eigenvalue weighted by Gasteiger charge is 2.33. The molecule has 0 saturated heterocycles. The van der Waals surface area contributed by atoms with Crippen molar-refractivity contribution in [3.05, 3.63) is 46.3 Å². The first-order chi connectivity index (χ1) is 8.89. The molecule has 0 radical (unpaired) electrons. The van der Waals surface area contributed by atoms with Crippen LogP contribution in [0.2, 0.25) is 0 Å². The minimum atomic E-state index is -4.73. The van der Waals surface area contributed by atoms with Gasteiger partial charge in [0.1, 0.15) is 11.7 Å². The zero-order chi connectivity index (χ0) is 14.0. The molecule has 1 aromatic carbocycles. The van der Waals surface area contributed by atoms with Gasteiger partial charge in [-0.3, -0.25) is 4.74 Å². The molecule has 0 bridgehead atoms. The highest BCUT2D eigenvalue weighted by atomic mass is 79.9. The van der Waals surface area contributed by atoms with Crippen molar-refractivity contribution in [2.45, 2.75) is 12.5 Å². The second-order valence-corrected chi connectivity index (χ2v) is 4.41. The smallest absolute Gasteiger partial charge is 0.423 e. The summed E-state index contributed by atoms with van der Waals surface area (Å²) in [5.74, 6) is 0. The Morgan fingerprint density at radius 1 is 1.26 bits per heavy atom. The number of ether oxygens (including phenoxy) is 1. The fourth-order valence-corrected chi connectivity index (χ4v) is 2.13. The van der Waals surface area contributed by atoms with Gasteiger partial charge in [0, 0.05) is 16.8 Å². The maximum absolute atomic E-state index is 12.2. The molecule has 0 aliphatic rings. The lowest BCUT2D eigenvalue weighted by atomic mass is 10.1. The molecule has 102 valence electrons. The zero-order valence-electron chi connectivity index (χ0n) is 9.41. The number of benzene rings is 1. The van der Waals surface area contributed by atoms with Crippen LogP contribution >= 0.6 is 15.9 Å². The van der Waals surface area contributed by atoms with Gasteiger partial charge in [0.05, 0.1) is 0 Å². The van der Waals surface area contributed by atoms with Crippen LogP contribution in [0.5, 0.6) is 0 Å². The van der Waals surface area contributed by atoms with Crippen molar-refractivity contribution in [1.29, 1.82) is 0 Å². The maximum atomic E-state index is 12.2. The summed E-state index contributed by atoms with van der Waals surface area (Å²) in [6.07, 6.45) is -5.93. The van der Waals surface area contributed by atoms with Gasteiger partial charge in [-0.2, -0.15) is 0 Å². The molecule has 1 heterocycles. The van der Waals surface area contributed by atoms with Crippen LogP contribution in [0.3, 0.4) is 0 Å². The molecule has 1 aromatic heterocycles. The molecular weight excluding hydrogens is 329 g/mol. The number of halogens is 4. The topological polar surface area (TPSA) is 39.4 Å². The molecule has 0 fully saturated rings. The van der Waals surface area contributed by atoms with Crippen molar-refractivity contribution in [3.63, 3.8) is 0 Å². The average molecular weight is 337 g/mol. The third kappa shape index (κ3) is 3.57. The van der Waals surface area contributed by atoms with E-state index in [1.54, 1.807) is 12.1 Å². The highest BCUT2D eigenvalue weighted by molar-refractivity contribution is 9.09. The monoisotopic (exact) mass is 336 g/mol. The molecule has 7 heteroatoms. The molecule has 2 rings (SSSR count). The predicted molar refractivity (Wildman–Crippen MR) is 66.2 cm³/mol. The summed E-state index contributed by atoms with van der Waals surface area (Å²) in [5, 5.41) is 0.596. The predicted octanol–water partition coefficient (Wildman–Crippen LogP) is 3.77. The van der Waals surface area contributed by atoms with Gasteiger partial charge in [0.2, 0.25) is 0 Å². The van der Waals surface area contributed by atoms with Gasteiger partial charge in [-0.05, 0) is 17.7 Å². The van der Waals surface area contributed by atoms with E-state index in [1.807, 2.05) is 0 Å². The summed E-state index contributed by atoms with van der Waals surface area (Å²) >= 11 is 2.97. The van der Waals surface area contributed by atoms with E-state index in [9.17, 15) is 18.0 Å². The second-order valence-electron chi connectivity index (χ2n) is 3.76. The molecule has 0 spiro atoms. The van der Waals surface area contributed by atoms with E-state index in [2.05, 4.69) is 20.7 Å². The minimum Gasteiger partial charge on any atom is -0.423 e.